The van der Waals surface area contributed by atoms with E-state index in [1.54, 1.807) is 24.9 Å². The molecule has 0 spiro atoms. The highest BCUT2D eigenvalue weighted by atomic mass is 15.4. The maximum atomic E-state index is 5.09. The molecule has 6 rings (SSSR count). The van der Waals surface area contributed by atoms with Crippen LogP contribution in [0.1, 0.15) is 50.9 Å². The highest BCUT2D eigenvalue weighted by Gasteiger charge is 2.38. The van der Waals surface area contributed by atoms with Crippen molar-refractivity contribution in [3.63, 3.8) is 0 Å². The van der Waals surface area contributed by atoms with E-state index in [1.807, 2.05) is 33.7 Å². The van der Waals surface area contributed by atoms with E-state index in [2.05, 4.69) is 32.0 Å². The van der Waals surface area contributed by atoms with Crippen molar-refractivity contribution in [3.05, 3.63) is 55.3 Å². The zero-order valence-corrected chi connectivity index (χ0v) is 17.3. The monoisotopic (exact) mass is 413 g/mol. The molecule has 156 valence electrons. The Balaban J connectivity index is 1.51. The molecule has 9 heteroatoms. The smallest absolute Gasteiger partial charge is 0.237 e. The Morgan fingerprint density at radius 2 is 1.97 bits per heavy atom. The summed E-state index contributed by atoms with van der Waals surface area (Å²) in [6.45, 7) is 2.20. The van der Waals surface area contributed by atoms with Crippen LogP contribution in [0.25, 0.3) is 23.0 Å². The lowest BCUT2D eigenvalue weighted by Crippen LogP contribution is -2.42. The first-order valence-electron chi connectivity index (χ1n) is 10.8. The molecule has 0 bridgehead atoms. The SMILES string of the molecule is CC[C@@H]1c2nncn2-c2cnc(-n3ccnc3-c3cccnc3)nc2N1C1CCCC1. The highest BCUT2D eigenvalue weighted by Crippen LogP contribution is 2.42. The third-order valence-electron chi connectivity index (χ3n) is 6.33. The van der Waals surface area contributed by atoms with Crippen LogP contribution in [0.5, 0.6) is 0 Å². The maximum absolute atomic E-state index is 5.09. The third-order valence-corrected chi connectivity index (χ3v) is 6.33. The summed E-state index contributed by atoms with van der Waals surface area (Å²) in [6, 6.07) is 4.51. The molecule has 0 N–H and O–H groups in total. The Morgan fingerprint density at radius 3 is 2.77 bits per heavy atom. The Bertz CT molecular complexity index is 1210. The second-order valence-electron chi connectivity index (χ2n) is 8.07. The average Bonchev–Trinajstić information content (AvgIpc) is 3.59. The molecule has 4 aromatic heterocycles. The number of imidazole rings is 1. The van der Waals surface area contributed by atoms with Gasteiger partial charge in [0.2, 0.25) is 5.95 Å². The molecule has 9 nitrogen and oxygen atoms in total. The summed E-state index contributed by atoms with van der Waals surface area (Å²) in [7, 11) is 0. The Hall–Kier alpha value is -3.62. The maximum Gasteiger partial charge on any atom is 0.237 e. The second kappa shape index (κ2) is 7.26. The molecule has 5 heterocycles. The number of hydrogen-bond donors (Lipinski definition) is 0. The molecule has 1 saturated carbocycles. The van der Waals surface area contributed by atoms with Gasteiger partial charge in [-0.05, 0) is 31.4 Å². The van der Waals surface area contributed by atoms with E-state index in [0.29, 0.717) is 12.0 Å². The van der Waals surface area contributed by atoms with Crippen molar-refractivity contribution >= 4 is 5.82 Å². The standard InChI is InChI=1S/C22H23N9/c1-2-17-21-28-26-14-30(21)18-13-25-22(27-20(18)31(17)16-7-3-4-8-16)29-11-10-24-19(29)15-6-5-9-23-12-15/h5-6,9-14,16-17H,2-4,7-8H2,1H3/t17-/m1/s1. The summed E-state index contributed by atoms with van der Waals surface area (Å²) in [4.78, 5) is 21.0. The minimum atomic E-state index is 0.154. The van der Waals surface area contributed by atoms with Crippen molar-refractivity contribution in [3.8, 4) is 23.0 Å². The van der Waals surface area contributed by atoms with Crippen LogP contribution in [0.2, 0.25) is 0 Å². The van der Waals surface area contributed by atoms with Crippen molar-refractivity contribution in [1.29, 1.82) is 0 Å². The largest absolute Gasteiger partial charge is 0.341 e. The van der Waals surface area contributed by atoms with E-state index in [-0.39, 0.29) is 6.04 Å². The predicted octanol–water partition coefficient (Wildman–Crippen LogP) is 3.52. The Morgan fingerprint density at radius 1 is 1.06 bits per heavy atom. The van der Waals surface area contributed by atoms with Gasteiger partial charge in [-0.1, -0.05) is 19.8 Å². The van der Waals surface area contributed by atoms with Crippen LogP contribution in [-0.2, 0) is 0 Å². The quantitative estimate of drug-likeness (QED) is 0.505. The van der Waals surface area contributed by atoms with Crippen molar-refractivity contribution < 1.29 is 0 Å². The molecule has 0 amide bonds. The van der Waals surface area contributed by atoms with Crippen molar-refractivity contribution in [1.82, 2.24) is 39.3 Å². The fourth-order valence-electron chi connectivity index (χ4n) is 4.92. The second-order valence-corrected chi connectivity index (χ2v) is 8.07. The first-order valence-corrected chi connectivity index (χ1v) is 10.8. The van der Waals surface area contributed by atoms with Crippen LogP contribution in [0, 0.1) is 0 Å². The normalized spacial score (nSPS) is 18.2. The Labute approximate surface area is 179 Å². The van der Waals surface area contributed by atoms with Crippen LogP contribution in [0.15, 0.2) is 49.4 Å². The van der Waals surface area contributed by atoms with E-state index >= 15 is 0 Å². The van der Waals surface area contributed by atoms with Crippen molar-refractivity contribution in [2.75, 3.05) is 4.90 Å². The first kappa shape index (κ1) is 18.2. The lowest BCUT2D eigenvalue weighted by molar-refractivity contribution is 0.468. The molecule has 0 aromatic carbocycles. The van der Waals surface area contributed by atoms with E-state index in [9.17, 15) is 0 Å². The fraction of sp³-hybridized carbons (Fsp3) is 0.364. The lowest BCUT2D eigenvalue weighted by atomic mass is 10.0. The number of fused-ring (bicyclic) bond motifs is 3. The Kier molecular flexibility index (Phi) is 4.26. The predicted molar refractivity (Wildman–Crippen MR) is 115 cm³/mol. The van der Waals surface area contributed by atoms with Crippen LogP contribution in [0.4, 0.5) is 5.82 Å². The summed E-state index contributed by atoms with van der Waals surface area (Å²) in [5.41, 5.74) is 1.86. The van der Waals surface area contributed by atoms with Gasteiger partial charge in [0.15, 0.2) is 11.6 Å². The molecule has 1 atom stereocenters. The zero-order valence-electron chi connectivity index (χ0n) is 17.3. The first-order chi connectivity index (χ1) is 15.3. The summed E-state index contributed by atoms with van der Waals surface area (Å²) in [6.07, 6.45) is 16.7. The minimum absolute atomic E-state index is 0.154. The third kappa shape index (κ3) is 2.83. The molecule has 1 aliphatic heterocycles. The van der Waals surface area contributed by atoms with Gasteiger partial charge >= 0.3 is 0 Å². The number of aromatic nitrogens is 8. The lowest BCUT2D eigenvalue weighted by Gasteiger charge is -2.40. The van der Waals surface area contributed by atoms with Gasteiger partial charge in [-0.25, -0.2) is 9.97 Å². The van der Waals surface area contributed by atoms with Gasteiger partial charge in [0, 0.05) is 36.4 Å². The molecule has 1 fully saturated rings. The molecule has 0 unspecified atom stereocenters. The van der Waals surface area contributed by atoms with Gasteiger partial charge in [0.25, 0.3) is 0 Å². The van der Waals surface area contributed by atoms with E-state index in [4.69, 9.17) is 9.97 Å². The van der Waals surface area contributed by atoms with Crippen molar-refractivity contribution in [2.45, 2.75) is 51.1 Å². The zero-order chi connectivity index (χ0) is 20.8. The molecule has 2 aliphatic rings. The molecule has 1 aliphatic carbocycles. The highest BCUT2D eigenvalue weighted by molar-refractivity contribution is 5.63. The van der Waals surface area contributed by atoms with Crippen LogP contribution >= 0.6 is 0 Å². The van der Waals surface area contributed by atoms with Crippen molar-refractivity contribution in [2.24, 2.45) is 0 Å². The van der Waals surface area contributed by atoms with E-state index in [0.717, 1.165) is 35.1 Å². The number of nitrogens with zero attached hydrogens (tertiary/aromatic N) is 9. The number of anilines is 1. The summed E-state index contributed by atoms with van der Waals surface area (Å²) < 4.78 is 3.96. The molecule has 0 saturated heterocycles. The summed E-state index contributed by atoms with van der Waals surface area (Å²) in [5, 5.41) is 8.65. The molecule has 31 heavy (non-hydrogen) atoms. The summed E-state index contributed by atoms with van der Waals surface area (Å²) >= 11 is 0. The fourth-order valence-corrected chi connectivity index (χ4v) is 4.92. The number of hydrogen-bond acceptors (Lipinski definition) is 7. The van der Waals surface area contributed by atoms with Crippen LogP contribution < -0.4 is 4.90 Å². The summed E-state index contributed by atoms with van der Waals surface area (Å²) in [5.74, 6) is 3.29. The number of pyridine rings is 1. The number of rotatable bonds is 4. The molecular weight excluding hydrogens is 390 g/mol. The molecular formula is C22H23N9. The topological polar surface area (TPSA) is 90.4 Å². The van der Waals surface area contributed by atoms with E-state index < -0.39 is 0 Å². The van der Waals surface area contributed by atoms with Gasteiger partial charge in [-0.15, -0.1) is 10.2 Å². The molecule has 0 radical (unpaired) electrons. The van der Waals surface area contributed by atoms with Gasteiger partial charge in [-0.3, -0.25) is 14.1 Å². The van der Waals surface area contributed by atoms with Crippen LogP contribution in [0.3, 0.4) is 0 Å². The van der Waals surface area contributed by atoms with E-state index in [1.165, 1.54) is 25.7 Å². The van der Waals surface area contributed by atoms with Gasteiger partial charge in [0.1, 0.15) is 17.8 Å². The minimum Gasteiger partial charge on any atom is -0.341 e. The molecule has 4 aromatic rings. The van der Waals surface area contributed by atoms with Gasteiger partial charge < -0.3 is 4.90 Å². The van der Waals surface area contributed by atoms with Crippen LogP contribution in [-0.4, -0.2) is 45.3 Å². The average molecular weight is 413 g/mol. The van der Waals surface area contributed by atoms with Gasteiger partial charge in [-0.2, -0.15) is 4.98 Å². The van der Waals surface area contributed by atoms with Gasteiger partial charge in [0.05, 0.1) is 12.2 Å².